The number of carbonyl (C=O) groups is 3. The molecule has 0 aliphatic rings. The van der Waals surface area contributed by atoms with E-state index in [4.69, 9.17) is 9.47 Å². The highest BCUT2D eigenvalue weighted by molar-refractivity contribution is 7.09. The van der Waals surface area contributed by atoms with E-state index in [2.05, 4.69) is 16.0 Å². The molecule has 2 aromatic heterocycles. The Balaban J connectivity index is 1.51. The molecule has 0 fully saturated rings. The quantitative estimate of drug-likeness (QED) is 0.340. The van der Waals surface area contributed by atoms with Gasteiger partial charge >= 0.3 is 5.97 Å². The number of amides is 1. The third-order valence-corrected chi connectivity index (χ3v) is 6.16. The minimum absolute atomic E-state index is 0.271. The maximum atomic E-state index is 12.7. The Morgan fingerprint density at radius 2 is 1.85 bits per heavy atom. The van der Waals surface area contributed by atoms with Crippen molar-refractivity contribution in [2.24, 2.45) is 0 Å². The maximum Gasteiger partial charge on any atom is 0.325 e. The van der Waals surface area contributed by atoms with Crippen molar-refractivity contribution in [1.29, 1.82) is 0 Å². The molecule has 33 heavy (non-hydrogen) atoms. The van der Waals surface area contributed by atoms with Crippen LogP contribution in [0.4, 0.5) is 0 Å². The van der Waals surface area contributed by atoms with Crippen LogP contribution in [-0.4, -0.2) is 42.0 Å². The number of ketones is 1. The van der Waals surface area contributed by atoms with Gasteiger partial charge in [0.05, 0.1) is 12.2 Å². The van der Waals surface area contributed by atoms with Crippen molar-refractivity contribution in [2.75, 3.05) is 19.8 Å². The zero-order valence-corrected chi connectivity index (χ0v) is 19.9. The molecule has 8 heteroatoms. The highest BCUT2D eigenvalue weighted by Crippen LogP contribution is 2.19. The SMILES string of the molecule is CCOc1ccccc1C(=O)NCC(=O)OCC(=O)c1cc(C)n(CCc2cccs2)c1C. The molecule has 7 nitrogen and oxygen atoms in total. The highest BCUT2D eigenvalue weighted by Gasteiger charge is 2.18. The van der Waals surface area contributed by atoms with Crippen LogP contribution in [0.3, 0.4) is 0 Å². The smallest absolute Gasteiger partial charge is 0.325 e. The van der Waals surface area contributed by atoms with Gasteiger partial charge in [-0.05, 0) is 56.8 Å². The third kappa shape index (κ3) is 6.32. The number of carbonyl (C=O) groups excluding carboxylic acids is 3. The zero-order valence-electron chi connectivity index (χ0n) is 19.1. The minimum Gasteiger partial charge on any atom is -0.493 e. The summed E-state index contributed by atoms with van der Waals surface area (Å²) in [4.78, 5) is 38.4. The van der Waals surface area contributed by atoms with Crippen LogP contribution in [0.25, 0.3) is 0 Å². The largest absolute Gasteiger partial charge is 0.493 e. The summed E-state index contributed by atoms with van der Waals surface area (Å²) < 4.78 is 12.6. The Bertz CT molecular complexity index is 1120. The predicted molar refractivity (Wildman–Crippen MR) is 127 cm³/mol. The van der Waals surface area contributed by atoms with Crippen molar-refractivity contribution < 1.29 is 23.9 Å². The predicted octanol–water partition coefficient (Wildman–Crippen LogP) is 3.96. The molecule has 2 heterocycles. The lowest BCUT2D eigenvalue weighted by Gasteiger charge is -2.10. The van der Waals surface area contributed by atoms with Crippen molar-refractivity contribution in [3.8, 4) is 5.75 Å². The zero-order chi connectivity index (χ0) is 23.8. The summed E-state index contributed by atoms with van der Waals surface area (Å²) in [7, 11) is 0. The molecule has 0 atom stereocenters. The molecule has 0 unspecified atom stereocenters. The van der Waals surface area contributed by atoms with Gasteiger partial charge in [0.1, 0.15) is 12.3 Å². The number of hydrogen-bond acceptors (Lipinski definition) is 6. The van der Waals surface area contributed by atoms with Gasteiger partial charge in [-0.1, -0.05) is 18.2 Å². The van der Waals surface area contributed by atoms with Gasteiger partial charge in [-0.3, -0.25) is 14.4 Å². The van der Waals surface area contributed by atoms with Crippen molar-refractivity contribution in [2.45, 2.75) is 33.7 Å². The van der Waals surface area contributed by atoms with Gasteiger partial charge in [0.25, 0.3) is 5.91 Å². The van der Waals surface area contributed by atoms with E-state index < -0.39 is 11.9 Å². The lowest BCUT2D eigenvalue weighted by molar-refractivity contribution is -0.141. The standard InChI is InChI=1S/C25H28N2O5S/c1-4-31-23-10-6-5-9-20(23)25(30)26-15-24(29)32-16-22(28)21-14-17(2)27(18(21)3)12-11-19-8-7-13-33-19/h5-10,13-14H,4,11-12,15-16H2,1-3H3,(H,26,30). The number of rotatable bonds is 11. The van der Waals surface area contributed by atoms with Crippen molar-refractivity contribution in [1.82, 2.24) is 9.88 Å². The monoisotopic (exact) mass is 468 g/mol. The minimum atomic E-state index is -0.683. The number of thiophene rings is 1. The van der Waals surface area contributed by atoms with Gasteiger partial charge < -0.3 is 19.4 Å². The van der Waals surface area contributed by atoms with E-state index in [9.17, 15) is 14.4 Å². The summed E-state index contributed by atoms with van der Waals surface area (Å²) in [5.41, 5.74) is 2.71. The topological polar surface area (TPSA) is 86.6 Å². The van der Waals surface area contributed by atoms with Gasteiger partial charge in [0, 0.05) is 28.4 Å². The van der Waals surface area contributed by atoms with Gasteiger partial charge in [-0.25, -0.2) is 0 Å². The molecule has 0 saturated carbocycles. The molecule has 0 aliphatic heterocycles. The summed E-state index contributed by atoms with van der Waals surface area (Å²) in [6.45, 7) is 6.16. The van der Waals surface area contributed by atoms with Gasteiger partial charge in [0.2, 0.25) is 5.78 Å². The second kappa shape index (κ2) is 11.5. The first-order chi connectivity index (χ1) is 15.9. The molecule has 1 aromatic carbocycles. The maximum absolute atomic E-state index is 12.7. The third-order valence-electron chi connectivity index (χ3n) is 5.23. The molecule has 1 amide bonds. The van der Waals surface area contributed by atoms with Gasteiger partial charge in [0.15, 0.2) is 6.61 Å². The summed E-state index contributed by atoms with van der Waals surface area (Å²) in [5, 5.41) is 4.56. The van der Waals surface area contributed by atoms with Crippen LogP contribution in [0.15, 0.2) is 47.8 Å². The van der Waals surface area contributed by atoms with E-state index in [1.165, 1.54) is 4.88 Å². The van der Waals surface area contributed by atoms with E-state index in [0.717, 1.165) is 24.4 Å². The number of para-hydroxylation sites is 1. The molecule has 0 radical (unpaired) electrons. The molecule has 0 aliphatic carbocycles. The number of hydrogen-bond donors (Lipinski definition) is 1. The van der Waals surface area contributed by atoms with Crippen LogP contribution >= 0.6 is 11.3 Å². The van der Waals surface area contributed by atoms with E-state index in [-0.39, 0.29) is 18.9 Å². The summed E-state index contributed by atoms with van der Waals surface area (Å²) >= 11 is 1.71. The van der Waals surface area contributed by atoms with Gasteiger partial charge in [-0.15, -0.1) is 11.3 Å². The van der Waals surface area contributed by atoms with E-state index >= 15 is 0 Å². The average Bonchev–Trinajstić information content (AvgIpc) is 3.43. The van der Waals surface area contributed by atoms with Crippen LogP contribution in [0.5, 0.6) is 5.75 Å². The van der Waals surface area contributed by atoms with Crippen molar-refractivity contribution >= 4 is 29.0 Å². The number of benzene rings is 1. The fourth-order valence-electron chi connectivity index (χ4n) is 3.56. The molecule has 174 valence electrons. The van der Waals surface area contributed by atoms with Crippen LogP contribution in [0, 0.1) is 13.8 Å². The number of nitrogens with one attached hydrogen (secondary N) is 1. The van der Waals surface area contributed by atoms with Crippen molar-refractivity contribution in [3.63, 3.8) is 0 Å². The lowest BCUT2D eigenvalue weighted by atomic mass is 10.1. The van der Waals surface area contributed by atoms with Crippen LogP contribution in [-0.2, 0) is 22.5 Å². The first-order valence-electron chi connectivity index (χ1n) is 10.8. The number of aromatic nitrogens is 1. The fourth-order valence-corrected chi connectivity index (χ4v) is 4.26. The number of aryl methyl sites for hydroxylation is 2. The lowest BCUT2D eigenvalue weighted by Crippen LogP contribution is -2.31. The van der Waals surface area contributed by atoms with Gasteiger partial charge in [-0.2, -0.15) is 0 Å². The van der Waals surface area contributed by atoms with Crippen molar-refractivity contribution in [3.05, 3.63) is 75.2 Å². The molecular weight excluding hydrogens is 440 g/mol. The fraction of sp³-hybridized carbons (Fsp3) is 0.320. The first kappa shape index (κ1) is 24.3. The van der Waals surface area contributed by atoms with Crippen LogP contribution in [0.1, 0.15) is 43.9 Å². The molecular formula is C25H28N2O5S. The number of nitrogens with zero attached hydrogens (tertiary/aromatic N) is 1. The molecule has 3 rings (SSSR count). The number of esters is 1. The highest BCUT2D eigenvalue weighted by atomic mass is 32.1. The van der Waals surface area contributed by atoms with Crippen LogP contribution < -0.4 is 10.1 Å². The Morgan fingerprint density at radius 3 is 2.58 bits per heavy atom. The first-order valence-corrected chi connectivity index (χ1v) is 11.7. The molecule has 0 bridgehead atoms. The Morgan fingerprint density at radius 1 is 1.06 bits per heavy atom. The second-order valence-corrected chi connectivity index (χ2v) is 8.49. The molecule has 0 spiro atoms. The Labute approximate surface area is 197 Å². The van der Waals surface area contributed by atoms with E-state index in [1.807, 2.05) is 38.3 Å². The van der Waals surface area contributed by atoms with Crippen LogP contribution in [0.2, 0.25) is 0 Å². The van der Waals surface area contributed by atoms with E-state index in [0.29, 0.717) is 23.5 Å². The molecule has 1 N–H and O–H groups in total. The normalized spacial score (nSPS) is 10.6. The molecule has 3 aromatic rings. The Hall–Kier alpha value is -3.39. The summed E-state index contributed by atoms with van der Waals surface area (Å²) in [6, 6.07) is 12.7. The second-order valence-electron chi connectivity index (χ2n) is 7.46. The number of ether oxygens (including phenoxy) is 2. The Kier molecular flexibility index (Phi) is 8.43. The summed E-state index contributed by atoms with van der Waals surface area (Å²) in [6.07, 6.45) is 0.892. The average molecular weight is 469 g/mol. The molecule has 0 saturated heterocycles. The summed E-state index contributed by atoms with van der Waals surface area (Å²) in [5.74, 6) is -0.962. The van der Waals surface area contributed by atoms with E-state index in [1.54, 1.807) is 35.6 Å². The number of Topliss-reactive ketones (excluding diaryl/α,β-unsaturated/α-hetero) is 1.